The molecule has 29 heavy (non-hydrogen) atoms. The molecule has 0 heterocycles. The predicted molar refractivity (Wildman–Crippen MR) is 109 cm³/mol. The van der Waals surface area contributed by atoms with Crippen LogP contribution in [0.1, 0.15) is 39.5 Å². The van der Waals surface area contributed by atoms with Crippen LogP contribution in [0.4, 0.5) is 0 Å². The highest BCUT2D eigenvalue weighted by molar-refractivity contribution is 5.94. The monoisotopic (exact) mass is 384 g/mol. The van der Waals surface area contributed by atoms with Crippen molar-refractivity contribution < 1.29 is 14.3 Å². The van der Waals surface area contributed by atoms with Gasteiger partial charge in [-0.05, 0) is 23.8 Å². The number of nitriles is 1. The molecule has 3 aromatic rings. The molecule has 0 aliphatic heterocycles. The molecule has 144 valence electrons. The first kappa shape index (κ1) is 19.8. The first-order chi connectivity index (χ1) is 14.2. The van der Waals surface area contributed by atoms with E-state index in [4.69, 9.17) is 10.00 Å². The number of nitrogens with one attached hydrogen (secondary N) is 1. The fourth-order valence-electron chi connectivity index (χ4n) is 2.91. The van der Waals surface area contributed by atoms with Gasteiger partial charge < -0.3 is 10.1 Å². The van der Waals surface area contributed by atoms with Crippen LogP contribution in [-0.4, -0.2) is 11.9 Å². The van der Waals surface area contributed by atoms with Crippen molar-refractivity contribution in [1.29, 1.82) is 5.26 Å². The van der Waals surface area contributed by atoms with Crippen molar-refractivity contribution >= 4 is 11.9 Å². The third kappa shape index (κ3) is 5.53. The molecule has 3 aromatic carbocycles. The number of esters is 1. The molecular formula is C24H20N2O3. The molecule has 0 aliphatic rings. The number of carbonyl (C=O) groups excluding carboxylic acids is 2. The molecular weight excluding hydrogens is 364 g/mol. The Labute approximate surface area is 169 Å². The molecule has 5 heteroatoms. The zero-order chi connectivity index (χ0) is 20.5. The molecule has 0 saturated carbocycles. The molecule has 0 aromatic heterocycles. The van der Waals surface area contributed by atoms with Gasteiger partial charge in [-0.1, -0.05) is 66.7 Å². The van der Waals surface area contributed by atoms with Crippen LogP contribution in [0, 0.1) is 11.3 Å². The van der Waals surface area contributed by atoms with Crippen molar-refractivity contribution in [2.45, 2.75) is 19.1 Å². The lowest BCUT2D eigenvalue weighted by atomic mass is 10.0. The number of rotatable bonds is 7. The van der Waals surface area contributed by atoms with Crippen LogP contribution in [-0.2, 0) is 16.1 Å². The third-order valence-electron chi connectivity index (χ3n) is 4.44. The molecule has 0 radical (unpaired) electrons. The lowest BCUT2D eigenvalue weighted by Crippen LogP contribution is -2.30. The molecule has 0 unspecified atom stereocenters. The summed E-state index contributed by atoms with van der Waals surface area (Å²) in [6, 6.07) is 26.7. The first-order valence-corrected chi connectivity index (χ1v) is 9.22. The zero-order valence-corrected chi connectivity index (χ0v) is 15.7. The Morgan fingerprint density at radius 1 is 0.897 bits per heavy atom. The lowest BCUT2D eigenvalue weighted by Gasteiger charge is -2.19. The van der Waals surface area contributed by atoms with Gasteiger partial charge in [-0.25, -0.2) is 0 Å². The molecule has 0 saturated heterocycles. The standard InChI is InChI=1S/C24H20N2O3/c25-16-20-13-7-8-14-21(20)17-29-23(27)15-22(18-9-3-1-4-10-18)26-24(28)19-11-5-2-6-12-19/h1-14,22H,15,17H2,(H,26,28)/t22-/m1/s1. The smallest absolute Gasteiger partial charge is 0.308 e. The summed E-state index contributed by atoms with van der Waals surface area (Å²) in [7, 11) is 0. The highest BCUT2D eigenvalue weighted by Gasteiger charge is 2.20. The highest BCUT2D eigenvalue weighted by Crippen LogP contribution is 2.19. The maximum absolute atomic E-state index is 12.6. The van der Waals surface area contributed by atoms with E-state index < -0.39 is 12.0 Å². The van der Waals surface area contributed by atoms with Crippen LogP contribution < -0.4 is 5.32 Å². The number of ether oxygens (including phenoxy) is 1. The number of hydrogen-bond acceptors (Lipinski definition) is 4. The summed E-state index contributed by atoms with van der Waals surface area (Å²) in [6.45, 7) is 0.0106. The molecule has 3 rings (SSSR count). The van der Waals surface area contributed by atoms with Crippen LogP contribution in [0.5, 0.6) is 0 Å². The number of benzene rings is 3. The maximum Gasteiger partial charge on any atom is 0.308 e. The largest absolute Gasteiger partial charge is 0.461 e. The van der Waals surface area contributed by atoms with Crippen molar-refractivity contribution in [1.82, 2.24) is 5.32 Å². The van der Waals surface area contributed by atoms with Gasteiger partial charge in [0.25, 0.3) is 5.91 Å². The van der Waals surface area contributed by atoms with E-state index in [1.807, 2.05) is 36.4 Å². The highest BCUT2D eigenvalue weighted by atomic mass is 16.5. The third-order valence-corrected chi connectivity index (χ3v) is 4.44. The summed E-state index contributed by atoms with van der Waals surface area (Å²) in [5.74, 6) is -0.720. The molecule has 1 amide bonds. The lowest BCUT2D eigenvalue weighted by molar-refractivity contribution is -0.145. The Balaban J connectivity index is 1.69. The molecule has 0 spiro atoms. The summed E-state index contributed by atoms with van der Waals surface area (Å²) in [5.41, 5.74) is 2.45. The number of nitrogens with zero attached hydrogens (tertiary/aromatic N) is 1. The quantitative estimate of drug-likeness (QED) is 0.620. The van der Waals surface area contributed by atoms with Crippen LogP contribution in [0.25, 0.3) is 0 Å². The van der Waals surface area contributed by atoms with Gasteiger partial charge in [-0.3, -0.25) is 9.59 Å². The zero-order valence-electron chi connectivity index (χ0n) is 15.7. The Morgan fingerprint density at radius 2 is 1.52 bits per heavy atom. The van der Waals surface area contributed by atoms with Gasteiger partial charge in [-0.15, -0.1) is 0 Å². The van der Waals surface area contributed by atoms with E-state index in [0.29, 0.717) is 16.7 Å². The second-order valence-electron chi connectivity index (χ2n) is 6.44. The minimum atomic E-state index is -0.525. The van der Waals surface area contributed by atoms with Crippen LogP contribution in [0.2, 0.25) is 0 Å². The molecule has 5 nitrogen and oxygen atoms in total. The molecule has 1 N–H and O–H groups in total. The number of hydrogen-bond donors (Lipinski definition) is 1. The van der Waals surface area contributed by atoms with E-state index >= 15 is 0 Å². The number of amides is 1. The van der Waals surface area contributed by atoms with Crippen molar-refractivity contribution in [3.8, 4) is 6.07 Å². The average molecular weight is 384 g/mol. The Kier molecular flexibility index (Phi) is 6.75. The van der Waals surface area contributed by atoms with Gasteiger partial charge in [-0.2, -0.15) is 5.26 Å². The second-order valence-corrected chi connectivity index (χ2v) is 6.44. The SMILES string of the molecule is N#Cc1ccccc1COC(=O)C[C@@H](NC(=O)c1ccccc1)c1ccccc1. The number of carbonyl (C=O) groups is 2. The molecule has 0 bridgehead atoms. The van der Waals surface area contributed by atoms with Gasteiger partial charge in [0.15, 0.2) is 0 Å². The summed E-state index contributed by atoms with van der Waals surface area (Å²) in [4.78, 5) is 25.0. The molecule has 1 atom stereocenters. The molecule has 0 aliphatic carbocycles. The van der Waals surface area contributed by atoms with Crippen molar-refractivity contribution in [2.75, 3.05) is 0 Å². The normalized spacial score (nSPS) is 11.1. The van der Waals surface area contributed by atoms with Gasteiger partial charge in [0.2, 0.25) is 0 Å². The Hall–Kier alpha value is -3.91. The Bertz CT molecular complexity index is 1010. The fourth-order valence-corrected chi connectivity index (χ4v) is 2.91. The van der Waals surface area contributed by atoms with Gasteiger partial charge in [0, 0.05) is 11.1 Å². The minimum absolute atomic E-state index is 0.0106. The van der Waals surface area contributed by atoms with Crippen molar-refractivity contribution in [3.05, 3.63) is 107 Å². The van der Waals surface area contributed by atoms with E-state index in [0.717, 1.165) is 5.56 Å². The van der Waals surface area contributed by atoms with Gasteiger partial charge >= 0.3 is 5.97 Å². The van der Waals surface area contributed by atoms with Crippen LogP contribution in [0.3, 0.4) is 0 Å². The second kappa shape index (κ2) is 9.86. The Morgan fingerprint density at radius 3 is 2.21 bits per heavy atom. The molecule has 0 fully saturated rings. The van der Waals surface area contributed by atoms with Crippen molar-refractivity contribution in [2.24, 2.45) is 0 Å². The minimum Gasteiger partial charge on any atom is -0.461 e. The summed E-state index contributed by atoms with van der Waals surface area (Å²) < 4.78 is 5.37. The van der Waals surface area contributed by atoms with E-state index in [-0.39, 0.29) is 18.9 Å². The van der Waals surface area contributed by atoms with Crippen LogP contribution >= 0.6 is 0 Å². The van der Waals surface area contributed by atoms with Crippen LogP contribution in [0.15, 0.2) is 84.9 Å². The van der Waals surface area contributed by atoms with Gasteiger partial charge in [0.1, 0.15) is 6.61 Å². The van der Waals surface area contributed by atoms with E-state index in [1.54, 1.807) is 48.5 Å². The van der Waals surface area contributed by atoms with Crippen molar-refractivity contribution in [3.63, 3.8) is 0 Å². The topological polar surface area (TPSA) is 79.2 Å². The maximum atomic E-state index is 12.6. The summed E-state index contributed by atoms with van der Waals surface area (Å²) >= 11 is 0. The summed E-state index contributed by atoms with van der Waals surface area (Å²) in [5, 5.41) is 12.1. The van der Waals surface area contributed by atoms with E-state index in [2.05, 4.69) is 11.4 Å². The predicted octanol–water partition coefficient (Wildman–Crippen LogP) is 4.16. The summed E-state index contributed by atoms with van der Waals surface area (Å²) in [6.07, 6.45) is -0.0166. The average Bonchev–Trinajstić information content (AvgIpc) is 2.78. The van der Waals surface area contributed by atoms with Gasteiger partial charge in [0.05, 0.1) is 24.1 Å². The van der Waals surface area contributed by atoms with E-state index in [1.165, 1.54) is 0 Å². The first-order valence-electron chi connectivity index (χ1n) is 9.22. The fraction of sp³-hybridized carbons (Fsp3) is 0.125. The van der Waals surface area contributed by atoms with E-state index in [9.17, 15) is 9.59 Å².